The molecule has 6 heterocycles. The van der Waals surface area contributed by atoms with Gasteiger partial charge in [-0.25, -0.2) is 22.6 Å². The Morgan fingerprint density at radius 3 is 2.45 bits per heavy atom. The predicted molar refractivity (Wildman–Crippen MR) is 252 cm³/mol. The fraction of sp³-hybridized carbons (Fsp3) is 0.386. The van der Waals surface area contributed by atoms with E-state index in [0.717, 1.165) is 75.9 Å². The number of hydrogen-bond acceptors (Lipinski definition) is 14. The number of anilines is 7. The fourth-order valence-corrected chi connectivity index (χ4v) is 9.88. The smallest absolute Gasteiger partial charge is 0.329 e. The number of aryl methyl sites for hydroxylation is 1. The number of sulfonamides is 1. The molecule has 340 valence electrons. The Balaban J connectivity index is 0.803. The summed E-state index contributed by atoms with van der Waals surface area (Å²) in [5.74, 6) is 1.70. The number of hydrogen-bond donors (Lipinski definition) is 3. The Kier molecular flexibility index (Phi) is 12.2. The van der Waals surface area contributed by atoms with Crippen molar-refractivity contribution in [1.29, 1.82) is 0 Å². The van der Waals surface area contributed by atoms with Gasteiger partial charge < -0.3 is 25.2 Å². The minimum absolute atomic E-state index is 0.0866. The molecule has 6 aromatic rings. The van der Waals surface area contributed by atoms with Gasteiger partial charge in [-0.3, -0.25) is 34.0 Å². The molecule has 0 bridgehead atoms. The highest BCUT2D eigenvalue weighted by Gasteiger charge is 2.31. The molecule has 3 aromatic heterocycles. The Morgan fingerprint density at radius 2 is 1.71 bits per heavy atom. The Bertz CT molecular complexity index is 2920. The van der Waals surface area contributed by atoms with Gasteiger partial charge in [-0.05, 0) is 109 Å². The number of methoxy groups -OCH3 is 1. The first kappa shape index (κ1) is 44.0. The van der Waals surface area contributed by atoms with Crippen LogP contribution in [-0.4, -0.2) is 115 Å². The van der Waals surface area contributed by atoms with Crippen molar-refractivity contribution in [3.63, 3.8) is 0 Å². The summed E-state index contributed by atoms with van der Waals surface area (Å²) < 4.78 is 50.3. The number of ether oxygens (including phenoxy) is 1. The van der Waals surface area contributed by atoms with Crippen molar-refractivity contribution in [2.24, 2.45) is 13.0 Å². The average Bonchev–Trinajstić information content (AvgIpc) is 3.61. The molecule has 0 saturated carbocycles. The first-order valence-corrected chi connectivity index (χ1v) is 24.0. The van der Waals surface area contributed by atoms with E-state index in [4.69, 9.17) is 9.72 Å². The highest BCUT2D eigenvalue weighted by Crippen LogP contribution is 2.39. The number of imide groups is 1. The molecule has 3 aromatic carbocycles. The second-order valence-electron chi connectivity index (χ2n) is 16.7. The largest absolute Gasteiger partial charge is 0.494 e. The highest BCUT2D eigenvalue weighted by molar-refractivity contribution is 9.10. The van der Waals surface area contributed by atoms with Gasteiger partial charge in [0.25, 0.3) is 0 Å². The van der Waals surface area contributed by atoms with Crippen LogP contribution in [0, 0.1) is 11.7 Å². The molecule has 9 rings (SSSR count). The SMILES string of the molecule is COc1cc(N2CCC(CN3CCC(c4cc5c(cc4F)c(N4CCC(=O)NC4=O)nn5C)CC3)CC2)ccc1Nc1ncc(Br)c(Nc2ccc3nccnc3c2N(C)S(C)(=O)=O)n1. The van der Waals surface area contributed by atoms with E-state index in [1.807, 2.05) is 18.2 Å². The number of carbonyl (C=O) groups excluding carboxylic acids is 2. The van der Waals surface area contributed by atoms with Crippen LogP contribution in [0.1, 0.15) is 43.6 Å². The van der Waals surface area contributed by atoms with E-state index in [9.17, 15) is 18.0 Å². The van der Waals surface area contributed by atoms with E-state index < -0.39 is 16.1 Å². The topological polar surface area (TPSA) is 196 Å². The molecule has 21 heteroatoms. The van der Waals surface area contributed by atoms with Crippen LogP contribution in [0.5, 0.6) is 5.75 Å². The molecule has 65 heavy (non-hydrogen) atoms. The van der Waals surface area contributed by atoms with Crippen molar-refractivity contribution in [3.05, 3.63) is 76.9 Å². The minimum atomic E-state index is -3.65. The van der Waals surface area contributed by atoms with Gasteiger partial charge >= 0.3 is 6.03 Å². The summed E-state index contributed by atoms with van der Waals surface area (Å²) in [7, 11) is 1.24. The summed E-state index contributed by atoms with van der Waals surface area (Å²) in [4.78, 5) is 48.5. The van der Waals surface area contributed by atoms with E-state index in [1.54, 1.807) is 43.4 Å². The van der Waals surface area contributed by atoms with Gasteiger partial charge in [0, 0.05) is 82.4 Å². The van der Waals surface area contributed by atoms with Crippen molar-refractivity contribution in [3.8, 4) is 5.75 Å². The monoisotopic (exact) mass is 969 g/mol. The molecular weight excluding hydrogens is 922 g/mol. The normalized spacial score (nSPS) is 16.9. The third-order valence-electron chi connectivity index (χ3n) is 12.6. The zero-order valence-electron chi connectivity index (χ0n) is 36.4. The van der Waals surface area contributed by atoms with E-state index >= 15 is 4.39 Å². The molecule has 3 amide bonds. The zero-order valence-corrected chi connectivity index (χ0v) is 38.8. The quantitative estimate of drug-likeness (QED) is 0.118. The molecule has 3 saturated heterocycles. The molecule has 0 atom stereocenters. The van der Waals surface area contributed by atoms with Crippen LogP contribution in [0.3, 0.4) is 0 Å². The molecule has 0 radical (unpaired) electrons. The third-order valence-corrected chi connectivity index (χ3v) is 14.4. The number of amides is 3. The van der Waals surface area contributed by atoms with Crippen molar-refractivity contribution in [2.75, 3.05) is 84.4 Å². The molecular formula is C44H49BrFN13O5S. The Labute approximate surface area is 383 Å². The number of likely N-dealkylation sites (tertiary alicyclic amines) is 1. The number of halogens is 2. The van der Waals surface area contributed by atoms with Crippen molar-refractivity contribution in [1.82, 2.24) is 39.9 Å². The second-order valence-corrected chi connectivity index (χ2v) is 19.6. The van der Waals surface area contributed by atoms with Gasteiger partial charge in [0.2, 0.25) is 21.9 Å². The molecule has 0 aliphatic carbocycles. The van der Waals surface area contributed by atoms with Crippen LogP contribution >= 0.6 is 15.9 Å². The number of rotatable bonds is 12. The number of benzene rings is 3. The van der Waals surface area contributed by atoms with Gasteiger partial charge in [0.1, 0.15) is 28.6 Å². The molecule has 3 aliphatic rings. The van der Waals surface area contributed by atoms with Crippen LogP contribution in [0.15, 0.2) is 65.5 Å². The van der Waals surface area contributed by atoms with Gasteiger partial charge in [0.05, 0.1) is 40.2 Å². The molecule has 3 N–H and O–H groups in total. The van der Waals surface area contributed by atoms with E-state index in [2.05, 4.69) is 67.8 Å². The minimum Gasteiger partial charge on any atom is -0.494 e. The number of nitrogens with one attached hydrogen (secondary N) is 3. The highest BCUT2D eigenvalue weighted by atomic mass is 79.9. The lowest BCUT2D eigenvalue weighted by atomic mass is 9.87. The number of fused-ring (bicyclic) bond motifs is 2. The third kappa shape index (κ3) is 9.08. The summed E-state index contributed by atoms with van der Waals surface area (Å²) >= 11 is 3.53. The van der Waals surface area contributed by atoms with Crippen molar-refractivity contribution in [2.45, 2.75) is 38.0 Å². The van der Waals surface area contributed by atoms with Gasteiger partial charge in [-0.1, -0.05) is 0 Å². The summed E-state index contributed by atoms with van der Waals surface area (Å²) in [6, 6.07) is 12.4. The summed E-state index contributed by atoms with van der Waals surface area (Å²) in [5.41, 5.74) is 4.93. The van der Waals surface area contributed by atoms with Crippen molar-refractivity contribution >= 4 is 100 Å². The van der Waals surface area contributed by atoms with Crippen LogP contribution in [0.4, 0.5) is 49.5 Å². The number of aromatic nitrogens is 6. The average molecular weight is 971 g/mol. The van der Waals surface area contributed by atoms with E-state index in [0.29, 0.717) is 72.8 Å². The van der Waals surface area contributed by atoms with Crippen LogP contribution < -0.4 is 34.8 Å². The van der Waals surface area contributed by atoms with Crippen LogP contribution in [0.2, 0.25) is 0 Å². The van der Waals surface area contributed by atoms with Crippen LogP contribution in [-0.2, 0) is 21.9 Å². The van der Waals surface area contributed by atoms with Gasteiger partial charge in [-0.2, -0.15) is 10.1 Å². The number of urea groups is 1. The first-order chi connectivity index (χ1) is 31.2. The van der Waals surface area contributed by atoms with Crippen molar-refractivity contribution < 1.29 is 27.1 Å². The molecule has 3 aliphatic heterocycles. The number of carbonyl (C=O) groups is 2. The van der Waals surface area contributed by atoms with E-state index in [-0.39, 0.29) is 30.6 Å². The van der Waals surface area contributed by atoms with Gasteiger partial charge in [0.15, 0.2) is 5.82 Å². The summed E-state index contributed by atoms with van der Waals surface area (Å²) in [6.45, 7) is 4.82. The summed E-state index contributed by atoms with van der Waals surface area (Å²) in [6.07, 6.45) is 9.79. The maximum absolute atomic E-state index is 15.8. The lowest BCUT2D eigenvalue weighted by molar-refractivity contribution is -0.120. The standard InChI is InChI=1S/C44H49BrFN13O5S/c1-55-36-23-29(32(46)22-30(36)42(54-55)59-20-13-38(60)52-44(59)61)27-11-16-57(17-12-27)25-26-9-18-58(19-10-26)28-5-6-33(37(21-28)64-3)51-43-49-24-31(45)41(53-43)50-35-8-7-34-39(48-15-14-47-34)40(35)56(2)65(4,62)63/h5-8,14-15,21-24,26-27H,9-13,16-20,25H2,1-4H3,(H,52,60,61)(H2,49,50,51,53). The number of nitrogens with zero attached hydrogens (tertiary/aromatic N) is 10. The van der Waals surface area contributed by atoms with Gasteiger partial charge in [-0.15, -0.1) is 0 Å². The molecule has 18 nitrogen and oxygen atoms in total. The number of piperidine rings is 2. The zero-order chi connectivity index (χ0) is 45.6. The molecule has 0 unspecified atom stereocenters. The van der Waals surface area contributed by atoms with Crippen LogP contribution in [0.25, 0.3) is 21.9 Å². The Hall–Kier alpha value is -6.19. The molecule has 0 spiro atoms. The lowest BCUT2D eigenvalue weighted by Gasteiger charge is -2.38. The summed E-state index contributed by atoms with van der Waals surface area (Å²) in [5, 5.41) is 14.0. The molecule has 3 fully saturated rings. The van der Waals surface area contributed by atoms with E-state index in [1.165, 1.54) is 28.5 Å². The maximum atomic E-state index is 15.8. The fourth-order valence-electron chi connectivity index (χ4n) is 9.07. The second kappa shape index (κ2) is 18.0. The predicted octanol–water partition coefficient (Wildman–Crippen LogP) is 6.64. The first-order valence-electron chi connectivity index (χ1n) is 21.4. The maximum Gasteiger partial charge on any atom is 0.329 e. The Morgan fingerprint density at radius 1 is 0.954 bits per heavy atom. The lowest BCUT2D eigenvalue weighted by Crippen LogP contribution is -2.49.